The molecule has 9 rings (SSSR count). The normalized spacial score (nSPS) is 21.2. The number of alkyl halides is 3. The smallest absolute Gasteiger partial charge is 0.421 e. The average Bonchev–Trinajstić information content (AvgIpc) is 3.66. The predicted molar refractivity (Wildman–Crippen MR) is 221 cm³/mol. The first-order valence-electron chi connectivity index (χ1n) is 21.0. The van der Waals surface area contributed by atoms with Crippen LogP contribution in [0.4, 0.5) is 13.2 Å². The maximum absolute atomic E-state index is 14.3. The number of fused-ring (bicyclic) bond motifs is 4. The van der Waals surface area contributed by atoms with Crippen LogP contribution in [0, 0.1) is 0 Å². The minimum Gasteiger partial charge on any atom is -0.494 e. The molecule has 4 aliphatic rings. The van der Waals surface area contributed by atoms with E-state index in [1.165, 1.54) is 6.20 Å². The first kappa shape index (κ1) is 40.6. The SMILES string of the molecule is C=C1CCC(N2C(=O)c3ccc(OCCCCCN4CCC(OC5CC(Oc6ncc(-c7ccc8c9cnccc9n(C)c8c7)cc6C(F)(F)F)C5)CC4)cc3C2=O)C(=O)N1. The van der Waals surface area contributed by atoms with Crippen molar-refractivity contribution in [2.45, 2.75) is 88.3 Å². The van der Waals surface area contributed by atoms with Gasteiger partial charge in [-0.25, -0.2) is 4.98 Å². The summed E-state index contributed by atoms with van der Waals surface area (Å²) in [5, 5.41) is 4.60. The molecule has 12 nitrogen and oxygen atoms in total. The van der Waals surface area contributed by atoms with Crippen LogP contribution in [0.3, 0.4) is 0 Å². The van der Waals surface area contributed by atoms with E-state index >= 15 is 0 Å². The number of nitrogens with zero attached hydrogens (tertiary/aromatic N) is 5. The van der Waals surface area contributed by atoms with Crippen molar-refractivity contribution in [3.8, 4) is 22.8 Å². The molecule has 3 aliphatic heterocycles. The molecule has 15 heteroatoms. The molecule has 1 unspecified atom stereocenters. The van der Waals surface area contributed by atoms with Crippen LogP contribution in [0.1, 0.15) is 84.1 Å². The van der Waals surface area contributed by atoms with Gasteiger partial charge in [0.2, 0.25) is 11.8 Å². The number of aryl methyl sites for hydroxylation is 1. The Kier molecular flexibility index (Phi) is 11.0. The number of hydrogen-bond acceptors (Lipinski definition) is 9. The fourth-order valence-corrected chi connectivity index (χ4v) is 8.99. The van der Waals surface area contributed by atoms with Gasteiger partial charge in [-0.15, -0.1) is 0 Å². The Morgan fingerprint density at radius 1 is 0.836 bits per heavy atom. The lowest BCUT2D eigenvalue weighted by Gasteiger charge is -2.40. The molecule has 61 heavy (non-hydrogen) atoms. The van der Waals surface area contributed by atoms with Crippen LogP contribution < -0.4 is 14.8 Å². The highest BCUT2D eigenvalue weighted by molar-refractivity contribution is 6.23. The summed E-state index contributed by atoms with van der Waals surface area (Å²) in [5.74, 6) is -1.24. The van der Waals surface area contributed by atoms with Gasteiger partial charge in [-0.05, 0) is 93.5 Å². The van der Waals surface area contributed by atoms with Crippen molar-refractivity contribution in [3.63, 3.8) is 0 Å². The van der Waals surface area contributed by atoms with Crippen LogP contribution in [-0.4, -0.2) is 92.7 Å². The Hall–Kier alpha value is -5.80. The number of imide groups is 1. The van der Waals surface area contributed by atoms with Crippen molar-refractivity contribution in [2.75, 3.05) is 26.2 Å². The first-order chi connectivity index (χ1) is 29.4. The standard InChI is InChI=1S/C46H47F3N6O6/c1-27-6-11-40(42(56)52-27)55-44(57)35-10-8-31(24-36(35)45(55)58)59-19-5-3-4-16-54-17-13-30(14-18-54)60-32-22-33(23-32)61-43-38(46(47,48)49)20-29(25-51-43)28-7-9-34-37-26-50-15-12-39(37)53(2)41(34)21-28/h7-10,12,15,20-21,24-26,30,32-33,40H,1,3-6,11,13-14,16-19,22-23H2,2H3,(H,52,56). The molecule has 0 spiro atoms. The van der Waals surface area contributed by atoms with E-state index < -0.39 is 47.5 Å². The summed E-state index contributed by atoms with van der Waals surface area (Å²) in [6.07, 6.45) is 6.45. The van der Waals surface area contributed by atoms with Crippen molar-refractivity contribution in [1.82, 2.24) is 29.7 Å². The van der Waals surface area contributed by atoms with Gasteiger partial charge < -0.3 is 29.0 Å². The molecule has 2 aromatic carbocycles. The minimum absolute atomic E-state index is 0.0552. The second-order valence-corrected chi connectivity index (χ2v) is 16.5. The zero-order valence-electron chi connectivity index (χ0n) is 33.9. The van der Waals surface area contributed by atoms with Gasteiger partial charge in [0.25, 0.3) is 11.8 Å². The zero-order valence-corrected chi connectivity index (χ0v) is 33.9. The second kappa shape index (κ2) is 16.6. The number of nitrogens with one attached hydrogen (secondary N) is 1. The molecule has 0 bridgehead atoms. The molecule has 0 radical (unpaired) electrons. The maximum atomic E-state index is 14.3. The molecular weight excluding hydrogens is 790 g/mol. The molecule has 318 valence electrons. The fourth-order valence-electron chi connectivity index (χ4n) is 8.99. The fraction of sp³-hybridized carbons (Fsp3) is 0.413. The third-order valence-electron chi connectivity index (χ3n) is 12.5. The molecule has 5 aromatic rings. The summed E-state index contributed by atoms with van der Waals surface area (Å²) in [4.78, 5) is 50.5. The van der Waals surface area contributed by atoms with Crippen molar-refractivity contribution >= 4 is 39.5 Å². The van der Waals surface area contributed by atoms with Gasteiger partial charge >= 0.3 is 6.18 Å². The van der Waals surface area contributed by atoms with E-state index in [-0.39, 0.29) is 23.3 Å². The number of carbonyl (C=O) groups excluding carboxylic acids is 3. The van der Waals surface area contributed by atoms with Crippen molar-refractivity contribution in [2.24, 2.45) is 7.05 Å². The molecule has 1 N–H and O–H groups in total. The molecule has 6 heterocycles. The van der Waals surface area contributed by atoms with Gasteiger partial charge in [-0.2, -0.15) is 13.2 Å². The summed E-state index contributed by atoms with van der Waals surface area (Å²) in [7, 11) is 1.93. The summed E-state index contributed by atoms with van der Waals surface area (Å²) >= 11 is 0. The highest BCUT2D eigenvalue weighted by Gasteiger charge is 2.44. The van der Waals surface area contributed by atoms with Crippen LogP contribution in [0.5, 0.6) is 11.6 Å². The number of benzene rings is 2. The van der Waals surface area contributed by atoms with Crippen LogP contribution in [0.15, 0.2) is 79.4 Å². The van der Waals surface area contributed by atoms with Crippen LogP contribution in [-0.2, 0) is 22.8 Å². The number of pyridine rings is 2. The lowest BCUT2D eigenvalue weighted by Crippen LogP contribution is -2.51. The lowest BCUT2D eigenvalue weighted by molar-refractivity contribution is -0.142. The van der Waals surface area contributed by atoms with E-state index in [1.54, 1.807) is 30.6 Å². The number of unbranched alkanes of at least 4 members (excludes halogenated alkanes) is 2. The van der Waals surface area contributed by atoms with Gasteiger partial charge in [0.15, 0.2) is 0 Å². The number of carbonyl (C=O) groups is 3. The highest BCUT2D eigenvalue weighted by atomic mass is 19.4. The van der Waals surface area contributed by atoms with Crippen molar-refractivity contribution in [3.05, 3.63) is 96.1 Å². The second-order valence-electron chi connectivity index (χ2n) is 16.5. The van der Waals surface area contributed by atoms with Gasteiger partial charge in [-0.1, -0.05) is 18.7 Å². The van der Waals surface area contributed by atoms with E-state index in [0.717, 1.165) is 84.5 Å². The number of likely N-dealkylation sites (tertiary alicyclic amines) is 1. The number of rotatable bonds is 13. The number of allylic oxidation sites excluding steroid dienone is 1. The van der Waals surface area contributed by atoms with Crippen molar-refractivity contribution < 1.29 is 41.8 Å². The summed E-state index contributed by atoms with van der Waals surface area (Å²) in [6, 6.07) is 12.7. The topological polar surface area (TPSA) is 128 Å². The first-order valence-corrected chi connectivity index (χ1v) is 21.0. The summed E-state index contributed by atoms with van der Waals surface area (Å²) in [5.41, 5.74) is 3.09. The maximum Gasteiger partial charge on any atom is 0.421 e. The van der Waals surface area contributed by atoms with E-state index in [2.05, 4.69) is 26.8 Å². The van der Waals surface area contributed by atoms with Gasteiger partial charge in [0.05, 0.1) is 35.5 Å². The van der Waals surface area contributed by atoms with Crippen molar-refractivity contribution in [1.29, 1.82) is 0 Å². The Balaban J connectivity index is 0.684. The summed E-state index contributed by atoms with van der Waals surface area (Å²) < 4.78 is 63.1. The quantitative estimate of drug-likeness (QED) is 0.0933. The summed E-state index contributed by atoms with van der Waals surface area (Å²) in [6.45, 7) is 7.03. The average molecular weight is 837 g/mol. The minimum atomic E-state index is -4.64. The van der Waals surface area contributed by atoms with E-state index in [0.29, 0.717) is 54.9 Å². The number of hydrogen-bond donors (Lipinski definition) is 1. The number of halogens is 3. The van der Waals surface area contributed by atoms with E-state index in [4.69, 9.17) is 14.2 Å². The van der Waals surface area contributed by atoms with Crippen LogP contribution in [0.25, 0.3) is 32.9 Å². The third-order valence-corrected chi connectivity index (χ3v) is 12.5. The Bertz CT molecular complexity index is 2520. The molecule has 1 aliphatic carbocycles. The molecule has 3 aromatic heterocycles. The molecule has 3 fully saturated rings. The number of aromatic nitrogens is 3. The number of amides is 3. The van der Waals surface area contributed by atoms with Gasteiger partial charge in [0.1, 0.15) is 23.5 Å². The zero-order chi connectivity index (χ0) is 42.4. The van der Waals surface area contributed by atoms with E-state index in [9.17, 15) is 27.6 Å². The monoisotopic (exact) mass is 836 g/mol. The van der Waals surface area contributed by atoms with E-state index in [1.807, 2.05) is 35.9 Å². The van der Waals surface area contributed by atoms with Gasteiger partial charge in [0, 0.05) is 79.1 Å². The molecule has 3 amide bonds. The van der Waals surface area contributed by atoms with Crippen LogP contribution >= 0.6 is 0 Å². The number of piperidine rings is 2. The van der Waals surface area contributed by atoms with Gasteiger partial charge in [-0.3, -0.25) is 24.3 Å². The Labute approximate surface area is 350 Å². The molecule has 1 saturated carbocycles. The predicted octanol–water partition coefficient (Wildman–Crippen LogP) is 7.84. The molecular formula is C46H47F3N6O6. The lowest BCUT2D eigenvalue weighted by atomic mass is 9.91. The number of ether oxygens (including phenoxy) is 3. The highest BCUT2D eigenvalue weighted by Crippen LogP contribution is 2.41. The van der Waals surface area contributed by atoms with Crippen LogP contribution in [0.2, 0.25) is 0 Å². The molecule has 2 saturated heterocycles. The largest absolute Gasteiger partial charge is 0.494 e. The Morgan fingerprint density at radius 2 is 1.64 bits per heavy atom. The third kappa shape index (κ3) is 8.20. The Morgan fingerprint density at radius 3 is 2.43 bits per heavy atom. The molecule has 1 atom stereocenters.